The number of aromatic nitrogens is 3. The minimum Gasteiger partial charge on any atom is -0.361 e. The van der Waals surface area contributed by atoms with Crippen molar-refractivity contribution >= 4 is 16.9 Å². The van der Waals surface area contributed by atoms with Crippen LogP contribution in [0, 0.1) is 13.8 Å². The van der Waals surface area contributed by atoms with Gasteiger partial charge < -0.3 is 15.2 Å². The maximum absolute atomic E-state index is 12.7. The summed E-state index contributed by atoms with van der Waals surface area (Å²) in [5.74, 6) is 0.432. The number of aryl methyl sites for hydroxylation is 2. The Bertz CT molecular complexity index is 1030. The van der Waals surface area contributed by atoms with E-state index in [-0.39, 0.29) is 12.1 Å². The molecular formula is C21H25N5O. The van der Waals surface area contributed by atoms with E-state index < -0.39 is 0 Å². The first-order valence-electron chi connectivity index (χ1n) is 9.64. The number of nitrogens with one attached hydrogen (secondary N) is 2. The number of hydrogen-bond acceptors (Lipinski definition) is 3. The van der Waals surface area contributed by atoms with Gasteiger partial charge in [0.25, 0.3) is 0 Å². The molecule has 1 aliphatic heterocycles. The molecule has 0 radical (unpaired) electrons. The number of rotatable bonds is 1. The van der Waals surface area contributed by atoms with Crippen molar-refractivity contribution in [1.29, 1.82) is 0 Å². The van der Waals surface area contributed by atoms with Gasteiger partial charge in [0.15, 0.2) is 0 Å². The van der Waals surface area contributed by atoms with Gasteiger partial charge in [-0.05, 0) is 57.0 Å². The number of carbonyl (C=O) groups excluding carboxylic acids is 1. The third kappa shape index (κ3) is 2.58. The first kappa shape index (κ1) is 16.6. The van der Waals surface area contributed by atoms with Crippen molar-refractivity contribution in [2.24, 2.45) is 0 Å². The predicted octanol–water partition coefficient (Wildman–Crippen LogP) is 2.95. The summed E-state index contributed by atoms with van der Waals surface area (Å²) in [5.41, 5.74) is 5.78. The maximum Gasteiger partial charge on any atom is 0.342 e. The fourth-order valence-electron chi connectivity index (χ4n) is 5.12. The van der Waals surface area contributed by atoms with E-state index >= 15 is 0 Å². The summed E-state index contributed by atoms with van der Waals surface area (Å²) in [6.45, 7) is 4.69. The Morgan fingerprint density at radius 3 is 2.96 bits per heavy atom. The molecule has 3 heterocycles. The zero-order valence-corrected chi connectivity index (χ0v) is 16.0. The lowest BCUT2D eigenvalue weighted by molar-refractivity contribution is 0.129. The van der Waals surface area contributed by atoms with Crippen LogP contribution in [0.3, 0.4) is 0 Å². The van der Waals surface area contributed by atoms with Gasteiger partial charge in [-0.3, -0.25) is 0 Å². The molecule has 27 heavy (non-hydrogen) atoms. The predicted molar refractivity (Wildman–Crippen MR) is 105 cm³/mol. The number of aromatic amines is 1. The van der Waals surface area contributed by atoms with Crippen LogP contribution < -0.4 is 5.32 Å². The van der Waals surface area contributed by atoms with E-state index in [9.17, 15) is 4.79 Å². The highest BCUT2D eigenvalue weighted by Crippen LogP contribution is 2.42. The fourth-order valence-corrected chi connectivity index (χ4v) is 5.12. The van der Waals surface area contributed by atoms with Gasteiger partial charge in [-0.15, -0.1) is 0 Å². The number of likely N-dealkylation sites (tertiary alicyclic amines) is 1. The number of piperidine rings is 1. The number of amides is 1. The van der Waals surface area contributed by atoms with E-state index in [1.165, 1.54) is 26.7 Å². The second-order valence-electron chi connectivity index (χ2n) is 8.12. The van der Waals surface area contributed by atoms with Crippen molar-refractivity contribution in [3.8, 4) is 0 Å². The van der Waals surface area contributed by atoms with Crippen LogP contribution in [0.1, 0.15) is 34.9 Å². The van der Waals surface area contributed by atoms with E-state index in [1.54, 1.807) is 0 Å². The van der Waals surface area contributed by atoms with Crippen molar-refractivity contribution in [3.05, 3.63) is 53.0 Å². The molecule has 0 spiro atoms. The monoisotopic (exact) mass is 363 g/mol. The fraction of sp³-hybridized carbons (Fsp3) is 0.429. The van der Waals surface area contributed by atoms with Crippen LogP contribution in [-0.4, -0.2) is 51.4 Å². The Morgan fingerprint density at radius 2 is 2.19 bits per heavy atom. The highest BCUT2D eigenvalue weighted by molar-refractivity contribution is 5.88. The van der Waals surface area contributed by atoms with Crippen molar-refractivity contribution in [3.63, 3.8) is 0 Å². The summed E-state index contributed by atoms with van der Waals surface area (Å²) < 4.78 is 1.48. The van der Waals surface area contributed by atoms with Gasteiger partial charge >= 0.3 is 6.03 Å². The molecule has 1 aromatic carbocycles. The summed E-state index contributed by atoms with van der Waals surface area (Å²) in [5, 5.41) is 8.92. The number of fused-ring (bicyclic) bond motifs is 2. The topological polar surface area (TPSA) is 66.0 Å². The highest BCUT2D eigenvalue weighted by atomic mass is 16.2. The summed E-state index contributed by atoms with van der Waals surface area (Å²) in [6.07, 6.45) is 4.19. The number of nitrogens with zero attached hydrogens (tertiary/aromatic N) is 3. The van der Waals surface area contributed by atoms with Crippen molar-refractivity contribution in [2.75, 3.05) is 13.6 Å². The average Bonchev–Trinajstić information content (AvgIpc) is 3.20. The third-order valence-electron chi connectivity index (χ3n) is 6.26. The lowest BCUT2D eigenvalue weighted by Crippen LogP contribution is -2.55. The van der Waals surface area contributed by atoms with Crippen LogP contribution in [0.4, 0.5) is 4.79 Å². The molecular weight excluding hydrogens is 338 g/mol. The van der Waals surface area contributed by atoms with E-state index in [0.717, 1.165) is 30.8 Å². The number of carbonyl (C=O) groups is 1. The van der Waals surface area contributed by atoms with Gasteiger partial charge in [-0.25, -0.2) is 4.79 Å². The molecule has 6 heteroatoms. The summed E-state index contributed by atoms with van der Waals surface area (Å²) in [7, 11) is 2.18. The van der Waals surface area contributed by atoms with Crippen LogP contribution in [-0.2, 0) is 6.42 Å². The molecule has 6 nitrogen and oxygen atoms in total. The molecule has 1 saturated heterocycles. The first-order chi connectivity index (χ1) is 13.0. The molecule has 0 saturated carbocycles. The van der Waals surface area contributed by atoms with Crippen LogP contribution in [0.5, 0.6) is 0 Å². The second kappa shape index (κ2) is 5.96. The van der Waals surface area contributed by atoms with Gasteiger partial charge in [-0.2, -0.15) is 9.78 Å². The Hall–Kier alpha value is -2.60. The molecule has 3 unspecified atom stereocenters. The minimum atomic E-state index is -0.131. The van der Waals surface area contributed by atoms with Crippen LogP contribution >= 0.6 is 0 Å². The Labute approximate surface area is 158 Å². The lowest BCUT2D eigenvalue weighted by atomic mass is 9.74. The Kier molecular flexibility index (Phi) is 3.65. The molecule has 1 fully saturated rings. The number of benzene rings is 1. The molecule has 1 aliphatic carbocycles. The molecule has 5 rings (SSSR count). The molecule has 2 aromatic heterocycles. The maximum atomic E-state index is 12.7. The number of likely N-dealkylation sites (N-methyl/N-ethyl adjacent to an activating group) is 1. The van der Waals surface area contributed by atoms with Crippen molar-refractivity contribution in [2.45, 2.75) is 44.7 Å². The zero-order valence-electron chi connectivity index (χ0n) is 16.0. The highest BCUT2D eigenvalue weighted by Gasteiger charge is 2.39. The smallest absolute Gasteiger partial charge is 0.342 e. The van der Waals surface area contributed by atoms with Crippen LogP contribution in [0.25, 0.3) is 10.9 Å². The van der Waals surface area contributed by atoms with Crippen molar-refractivity contribution in [1.82, 2.24) is 25.0 Å². The van der Waals surface area contributed by atoms with Crippen LogP contribution in [0.15, 0.2) is 30.5 Å². The van der Waals surface area contributed by atoms with Gasteiger partial charge in [0.05, 0.1) is 5.69 Å². The molecule has 3 atom stereocenters. The van der Waals surface area contributed by atoms with E-state index in [4.69, 9.17) is 0 Å². The molecule has 0 bridgehead atoms. The summed E-state index contributed by atoms with van der Waals surface area (Å²) in [4.78, 5) is 18.6. The second-order valence-corrected chi connectivity index (χ2v) is 8.12. The minimum absolute atomic E-state index is 0.114. The average molecular weight is 363 g/mol. The molecule has 1 amide bonds. The quantitative estimate of drug-likeness (QED) is 0.699. The zero-order chi connectivity index (χ0) is 18.7. The molecule has 2 aliphatic rings. The number of hydrogen-bond donors (Lipinski definition) is 2. The van der Waals surface area contributed by atoms with E-state index in [1.807, 2.05) is 19.9 Å². The summed E-state index contributed by atoms with van der Waals surface area (Å²) >= 11 is 0. The van der Waals surface area contributed by atoms with E-state index in [0.29, 0.717) is 12.0 Å². The Balaban J connectivity index is 1.43. The van der Waals surface area contributed by atoms with Crippen molar-refractivity contribution < 1.29 is 4.79 Å². The van der Waals surface area contributed by atoms with Crippen LogP contribution in [0.2, 0.25) is 0 Å². The van der Waals surface area contributed by atoms with Gasteiger partial charge in [-0.1, -0.05) is 12.1 Å². The molecule has 2 N–H and O–H groups in total. The standard InChI is InChI=1S/C21H25N5O/c1-12-7-13(2)26(24-12)21(27)23-15-9-17-16-5-4-6-18-20(16)14(10-22-18)8-19(17)25(3)11-15/h4-7,10,15,17,19,22H,8-9,11H2,1-3H3,(H,23,27). The Morgan fingerprint density at radius 1 is 1.33 bits per heavy atom. The summed E-state index contributed by atoms with van der Waals surface area (Å²) in [6, 6.07) is 8.95. The van der Waals surface area contributed by atoms with Gasteiger partial charge in [0, 0.05) is 47.3 Å². The van der Waals surface area contributed by atoms with Gasteiger partial charge in [0.2, 0.25) is 0 Å². The van der Waals surface area contributed by atoms with E-state index in [2.05, 4.69) is 51.7 Å². The normalized spacial score (nSPS) is 24.8. The first-order valence-corrected chi connectivity index (χ1v) is 9.64. The lowest BCUT2D eigenvalue weighted by Gasteiger charge is -2.45. The largest absolute Gasteiger partial charge is 0.361 e. The third-order valence-corrected chi connectivity index (χ3v) is 6.26. The number of H-pyrrole nitrogens is 1. The molecule has 140 valence electrons. The molecule has 3 aromatic rings. The SMILES string of the molecule is Cc1cc(C)n(C(=O)NC2CC3c4cccc5[nH]cc(c45)CC3N(C)C2)n1. The van der Waals surface area contributed by atoms with Gasteiger partial charge in [0.1, 0.15) is 0 Å².